The average molecular weight is 601 g/mol. The Morgan fingerprint density at radius 1 is 1.11 bits per heavy atom. The summed E-state index contributed by atoms with van der Waals surface area (Å²) < 4.78 is 11.4. The number of oxime groups is 1. The number of anilines is 4. The zero-order valence-corrected chi connectivity index (χ0v) is 25.6. The highest BCUT2D eigenvalue weighted by molar-refractivity contribution is 6.16. The zero-order valence-electron chi connectivity index (χ0n) is 25.6. The smallest absolute Gasteiger partial charge is 0.251 e. The van der Waals surface area contributed by atoms with E-state index in [0.717, 1.165) is 32.8 Å². The van der Waals surface area contributed by atoms with Crippen molar-refractivity contribution in [1.82, 2.24) is 14.9 Å². The summed E-state index contributed by atoms with van der Waals surface area (Å²) in [5, 5.41) is 21.7. The molecule has 1 amide bonds. The van der Waals surface area contributed by atoms with Crippen LogP contribution in [0.2, 0.25) is 0 Å². The van der Waals surface area contributed by atoms with Gasteiger partial charge in [0.2, 0.25) is 0 Å². The van der Waals surface area contributed by atoms with Crippen molar-refractivity contribution in [3.8, 4) is 5.75 Å². The minimum Gasteiger partial charge on any atom is -0.492 e. The van der Waals surface area contributed by atoms with Crippen molar-refractivity contribution in [2.45, 2.75) is 20.8 Å². The lowest BCUT2D eigenvalue weighted by Crippen LogP contribution is -2.38. The summed E-state index contributed by atoms with van der Waals surface area (Å²) >= 11 is 0. The molecule has 3 aromatic rings. The third kappa shape index (κ3) is 8.85. The van der Waals surface area contributed by atoms with Gasteiger partial charge in [0.1, 0.15) is 36.1 Å². The van der Waals surface area contributed by atoms with Gasteiger partial charge in [0.05, 0.1) is 24.5 Å². The molecule has 12 nitrogen and oxygen atoms in total. The molecular weight excluding hydrogens is 560 g/mol. The molecule has 4 rings (SSSR count). The number of morpholine rings is 1. The Balaban J connectivity index is 1.46. The van der Waals surface area contributed by atoms with Crippen LogP contribution in [0.15, 0.2) is 71.8 Å². The lowest BCUT2D eigenvalue weighted by molar-refractivity contribution is -0.112. The van der Waals surface area contributed by atoms with Crippen molar-refractivity contribution >= 4 is 41.3 Å². The fourth-order valence-electron chi connectivity index (χ4n) is 4.43. The summed E-state index contributed by atoms with van der Waals surface area (Å²) in [7, 11) is 1.75. The molecular formula is C32H40N8O4. The Bertz CT molecular complexity index is 1480. The van der Waals surface area contributed by atoms with Gasteiger partial charge in [0.15, 0.2) is 0 Å². The number of hydrogen-bond acceptors (Lipinski definition) is 11. The van der Waals surface area contributed by atoms with E-state index in [1.165, 1.54) is 12.4 Å². The maximum Gasteiger partial charge on any atom is 0.251 e. The minimum absolute atomic E-state index is 0.234. The number of amides is 1. The molecule has 1 aliphatic heterocycles. The number of hydrogen-bond donors (Lipinski definition) is 4. The number of ether oxygens (including phenoxy) is 2. The van der Waals surface area contributed by atoms with E-state index in [1.54, 1.807) is 19.2 Å². The van der Waals surface area contributed by atoms with Gasteiger partial charge >= 0.3 is 0 Å². The number of benzene rings is 2. The quantitative estimate of drug-likeness (QED) is 0.0932. The highest BCUT2D eigenvalue weighted by atomic mass is 16.6. The number of nitrogens with one attached hydrogen (secondary N) is 4. The zero-order chi connectivity index (χ0) is 31.5. The predicted octanol–water partition coefficient (Wildman–Crippen LogP) is 4.89. The first-order valence-electron chi connectivity index (χ1n) is 14.4. The van der Waals surface area contributed by atoms with Crippen LogP contribution in [0.1, 0.15) is 31.9 Å². The number of aromatic nitrogens is 2. The van der Waals surface area contributed by atoms with Crippen LogP contribution in [0.4, 0.5) is 23.0 Å². The maximum absolute atomic E-state index is 12.6. The second-order valence-electron chi connectivity index (χ2n) is 11.1. The van der Waals surface area contributed by atoms with Crippen LogP contribution in [-0.2, 0) is 14.4 Å². The fraction of sp³-hybridized carbons (Fsp3) is 0.344. The van der Waals surface area contributed by atoms with Crippen LogP contribution in [0.5, 0.6) is 5.75 Å². The van der Waals surface area contributed by atoms with E-state index in [2.05, 4.69) is 42.7 Å². The van der Waals surface area contributed by atoms with Gasteiger partial charge in [-0.1, -0.05) is 38.1 Å². The van der Waals surface area contributed by atoms with Gasteiger partial charge in [-0.3, -0.25) is 15.1 Å². The fourth-order valence-corrected chi connectivity index (χ4v) is 4.43. The Hall–Kier alpha value is -4.81. The largest absolute Gasteiger partial charge is 0.492 e. The third-order valence-corrected chi connectivity index (χ3v) is 6.82. The normalized spacial score (nSPS) is 14.0. The molecule has 0 radical (unpaired) electrons. The molecule has 1 saturated heterocycles. The van der Waals surface area contributed by atoms with Gasteiger partial charge in [-0.2, -0.15) is 0 Å². The van der Waals surface area contributed by atoms with Crippen LogP contribution in [0, 0.1) is 10.8 Å². The molecule has 0 atom stereocenters. The summed E-state index contributed by atoms with van der Waals surface area (Å²) in [6.07, 6.45) is 2.80. The molecule has 232 valence electrons. The molecule has 0 spiro atoms. The molecule has 0 aliphatic carbocycles. The molecule has 2 aromatic carbocycles. The molecule has 1 aromatic heterocycles. The molecule has 0 saturated carbocycles. The van der Waals surface area contributed by atoms with Gasteiger partial charge in [0.25, 0.3) is 5.91 Å². The molecule has 1 fully saturated rings. The molecule has 12 heteroatoms. The van der Waals surface area contributed by atoms with E-state index in [1.807, 2.05) is 57.2 Å². The number of allylic oxidation sites excluding steroid dienone is 1. The number of rotatable bonds is 13. The highest BCUT2D eigenvalue weighted by Crippen LogP contribution is 2.29. The monoisotopic (exact) mass is 600 g/mol. The molecule has 0 bridgehead atoms. The van der Waals surface area contributed by atoms with Crippen molar-refractivity contribution in [3.63, 3.8) is 0 Å². The van der Waals surface area contributed by atoms with E-state index in [0.29, 0.717) is 52.3 Å². The summed E-state index contributed by atoms with van der Waals surface area (Å²) in [6, 6.07) is 14.6. The van der Waals surface area contributed by atoms with E-state index in [-0.39, 0.29) is 11.6 Å². The minimum atomic E-state index is -0.418. The number of carbonyl (C=O) groups excluding carboxylic acids is 1. The second-order valence-corrected chi connectivity index (χ2v) is 11.1. The molecule has 1 aliphatic rings. The van der Waals surface area contributed by atoms with Crippen LogP contribution >= 0.6 is 0 Å². The van der Waals surface area contributed by atoms with Crippen LogP contribution in [-0.4, -0.2) is 79.7 Å². The summed E-state index contributed by atoms with van der Waals surface area (Å²) in [4.78, 5) is 28.9. The van der Waals surface area contributed by atoms with Crippen molar-refractivity contribution in [2.24, 2.45) is 10.6 Å². The maximum atomic E-state index is 12.6. The van der Waals surface area contributed by atoms with Crippen molar-refractivity contribution in [2.75, 3.05) is 62.5 Å². The third-order valence-electron chi connectivity index (χ3n) is 6.82. The Morgan fingerprint density at radius 3 is 2.50 bits per heavy atom. The van der Waals surface area contributed by atoms with Crippen molar-refractivity contribution in [1.29, 1.82) is 5.41 Å². The topological polar surface area (TPSA) is 146 Å². The lowest BCUT2D eigenvalue weighted by atomic mass is 9.93. The SMILES string of the molecule is C=NO/C(=C\C(=O)Nc1ccc(Nc2ncnc(NC)c2C(=N)c2cccc(OCCN3CCOCC3)c2)cc1)C(C)(C)C. The average Bonchev–Trinajstić information content (AvgIpc) is 3.01. The van der Waals surface area contributed by atoms with Gasteiger partial charge in [-0.05, 0) is 36.4 Å². The van der Waals surface area contributed by atoms with Crippen molar-refractivity contribution in [3.05, 3.63) is 77.8 Å². The van der Waals surface area contributed by atoms with Crippen LogP contribution < -0.4 is 20.7 Å². The highest BCUT2D eigenvalue weighted by Gasteiger charge is 2.21. The Labute approximate surface area is 258 Å². The van der Waals surface area contributed by atoms with Gasteiger partial charge < -0.3 is 30.3 Å². The number of carbonyl (C=O) groups is 1. The first kappa shape index (κ1) is 32.1. The van der Waals surface area contributed by atoms with Gasteiger partial charge in [0, 0.05) is 61.8 Å². The van der Waals surface area contributed by atoms with E-state index in [4.69, 9.17) is 19.7 Å². The first-order valence-corrected chi connectivity index (χ1v) is 14.4. The summed E-state index contributed by atoms with van der Waals surface area (Å²) in [5.41, 5.74) is 2.29. The lowest BCUT2D eigenvalue weighted by Gasteiger charge is -2.26. The molecule has 2 heterocycles. The van der Waals surface area contributed by atoms with E-state index < -0.39 is 5.41 Å². The van der Waals surface area contributed by atoms with Gasteiger partial charge in [-0.15, -0.1) is 0 Å². The Morgan fingerprint density at radius 2 is 1.82 bits per heavy atom. The second kappa shape index (κ2) is 15.1. The molecule has 4 N–H and O–H groups in total. The van der Waals surface area contributed by atoms with Crippen LogP contribution in [0.25, 0.3) is 0 Å². The predicted molar refractivity (Wildman–Crippen MR) is 173 cm³/mol. The van der Waals surface area contributed by atoms with Crippen molar-refractivity contribution < 1.29 is 19.1 Å². The standard InChI is InChI=1S/C32H40N8O4/c1-32(2,3)26(44-35-5)20-27(41)38-23-9-11-24(12-10-23)39-31-28(30(34-4)36-21-37-31)29(33)22-7-6-8-25(19-22)43-18-15-40-13-16-42-17-14-40/h6-12,19-21,33H,5,13-18H2,1-4H3,(H,38,41)(H2,34,36,37,39)/b26-20-,33-29?. The Kier molecular flexibility index (Phi) is 11.0. The number of nitrogens with zero attached hydrogens (tertiary/aromatic N) is 4. The van der Waals surface area contributed by atoms with E-state index >= 15 is 0 Å². The molecule has 44 heavy (non-hydrogen) atoms. The summed E-state index contributed by atoms with van der Waals surface area (Å²) in [6.45, 7) is 13.7. The molecule has 0 unspecified atom stereocenters. The van der Waals surface area contributed by atoms with Gasteiger partial charge in [-0.25, -0.2) is 9.97 Å². The van der Waals surface area contributed by atoms with Crippen LogP contribution in [0.3, 0.4) is 0 Å². The summed E-state index contributed by atoms with van der Waals surface area (Å²) in [5.74, 6) is 1.70. The van der Waals surface area contributed by atoms with E-state index in [9.17, 15) is 4.79 Å². The first-order chi connectivity index (χ1) is 21.2.